The average molecular weight is 487 g/mol. The number of thiophene rings is 1. The number of benzene rings is 1. The van der Waals surface area contributed by atoms with E-state index in [0.717, 1.165) is 42.5 Å². The highest BCUT2D eigenvalue weighted by molar-refractivity contribution is 7.17. The summed E-state index contributed by atoms with van der Waals surface area (Å²) in [6.07, 6.45) is 5.95. The summed E-state index contributed by atoms with van der Waals surface area (Å²) in [6.45, 7) is 1.70. The third kappa shape index (κ3) is 6.64. The second-order valence-electron chi connectivity index (χ2n) is 7.47. The van der Waals surface area contributed by atoms with E-state index >= 15 is 0 Å². The van der Waals surface area contributed by atoms with Gasteiger partial charge in [-0.05, 0) is 68.0 Å². The second kappa shape index (κ2) is 11.9. The molecular formula is C23H26N4O6S. The molecule has 4 N–H and O–H groups in total. The van der Waals surface area contributed by atoms with Gasteiger partial charge in [-0.25, -0.2) is 10.2 Å². The van der Waals surface area contributed by atoms with Crippen molar-refractivity contribution in [2.75, 3.05) is 18.5 Å². The molecule has 34 heavy (non-hydrogen) atoms. The van der Waals surface area contributed by atoms with E-state index in [9.17, 15) is 19.2 Å². The Morgan fingerprint density at radius 3 is 2.53 bits per heavy atom. The highest BCUT2D eigenvalue weighted by Crippen LogP contribution is 2.38. The van der Waals surface area contributed by atoms with Gasteiger partial charge in [0.1, 0.15) is 10.8 Å². The fraction of sp³-hybridized carbons (Fsp3) is 0.348. The Morgan fingerprint density at radius 1 is 1.09 bits per heavy atom. The monoisotopic (exact) mass is 486 g/mol. The van der Waals surface area contributed by atoms with Crippen LogP contribution in [0.4, 0.5) is 5.00 Å². The smallest absolute Gasteiger partial charge is 0.341 e. The number of hydrogen-bond acceptors (Lipinski definition) is 8. The van der Waals surface area contributed by atoms with Crippen LogP contribution >= 0.6 is 11.3 Å². The molecule has 0 radical (unpaired) electrons. The molecule has 0 unspecified atom stereocenters. The minimum Gasteiger partial charge on any atom is -0.484 e. The standard InChI is InChI=1S/C23H26N4O6S/c1-2-32-23(31)19-16-6-4-3-5-7-17(16)34-22(19)26-20(29)21(30)27-25-12-14-8-10-15(11-9-14)33-13-18(24)28/h8-12H,2-7,13H2,1H3,(H2,24,28)(H,26,29)(H,27,30). The molecule has 0 aliphatic heterocycles. The van der Waals surface area contributed by atoms with Crippen LogP contribution in [0.3, 0.4) is 0 Å². The number of anilines is 1. The van der Waals surface area contributed by atoms with Gasteiger partial charge in [0.15, 0.2) is 6.61 Å². The van der Waals surface area contributed by atoms with Crippen molar-refractivity contribution in [3.05, 3.63) is 45.8 Å². The van der Waals surface area contributed by atoms with Crippen LogP contribution in [0.5, 0.6) is 5.75 Å². The van der Waals surface area contributed by atoms with Gasteiger partial charge < -0.3 is 20.5 Å². The number of hydrazone groups is 1. The number of amides is 3. The van der Waals surface area contributed by atoms with E-state index in [-0.39, 0.29) is 13.2 Å². The number of ether oxygens (including phenoxy) is 2. The lowest BCUT2D eigenvalue weighted by atomic mass is 10.1. The minimum absolute atomic E-state index is 0.213. The van der Waals surface area contributed by atoms with Gasteiger partial charge in [-0.15, -0.1) is 11.3 Å². The first kappa shape index (κ1) is 24.9. The first-order valence-electron chi connectivity index (χ1n) is 10.9. The van der Waals surface area contributed by atoms with Gasteiger partial charge in [0, 0.05) is 4.88 Å². The van der Waals surface area contributed by atoms with E-state index < -0.39 is 23.7 Å². The van der Waals surface area contributed by atoms with Gasteiger partial charge in [-0.1, -0.05) is 6.42 Å². The molecule has 1 heterocycles. The normalized spacial score (nSPS) is 13.0. The Bertz CT molecular complexity index is 1090. The summed E-state index contributed by atoms with van der Waals surface area (Å²) in [6, 6.07) is 6.51. The highest BCUT2D eigenvalue weighted by Gasteiger charge is 2.27. The molecule has 2 aromatic rings. The van der Waals surface area contributed by atoms with E-state index in [1.807, 2.05) is 0 Å². The van der Waals surface area contributed by atoms with Crippen molar-refractivity contribution in [2.45, 2.75) is 39.0 Å². The number of nitrogens with two attached hydrogens (primary N) is 1. The summed E-state index contributed by atoms with van der Waals surface area (Å²) in [4.78, 5) is 49.0. The van der Waals surface area contributed by atoms with Crippen LogP contribution in [0, 0.1) is 0 Å². The molecule has 180 valence electrons. The molecule has 3 rings (SSSR count). The number of fused-ring (bicyclic) bond motifs is 1. The van der Waals surface area contributed by atoms with Crippen molar-refractivity contribution in [1.82, 2.24) is 5.43 Å². The Hall–Kier alpha value is -3.73. The summed E-state index contributed by atoms with van der Waals surface area (Å²) >= 11 is 1.31. The third-order valence-electron chi connectivity index (χ3n) is 4.98. The minimum atomic E-state index is -0.976. The van der Waals surface area contributed by atoms with E-state index in [4.69, 9.17) is 15.2 Å². The molecule has 0 saturated heterocycles. The number of nitrogens with one attached hydrogen (secondary N) is 2. The van der Waals surface area contributed by atoms with Gasteiger partial charge >= 0.3 is 17.8 Å². The van der Waals surface area contributed by atoms with Gasteiger partial charge in [0.25, 0.3) is 5.91 Å². The van der Waals surface area contributed by atoms with Crippen LogP contribution in [-0.4, -0.2) is 43.1 Å². The van der Waals surface area contributed by atoms with Crippen molar-refractivity contribution >= 4 is 46.2 Å². The van der Waals surface area contributed by atoms with Gasteiger partial charge in [-0.3, -0.25) is 14.4 Å². The molecular weight excluding hydrogens is 460 g/mol. The first-order valence-corrected chi connectivity index (χ1v) is 11.7. The molecule has 0 spiro atoms. The fourth-order valence-corrected chi connectivity index (χ4v) is 4.70. The maximum absolute atomic E-state index is 12.6. The maximum Gasteiger partial charge on any atom is 0.341 e. The van der Waals surface area contributed by atoms with Gasteiger partial charge in [0.2, 0.25) is 0 Å². The van der Waals surface area contributed by atoms with Crippen molar-refractivity contribution in [2.24, 2.45) is 10.8 Å². The van der Waals surface area contributed by atoms with E-state index in [0.29, 0.717) is 21.9 Å². The number of rotatable bonds is 8. The number of nitrogens with zero attached hydrogens (tertiary/aromatic N) is 1. The Labute approximate surface area is 200 Å². The predicted octanol–water partition coefficient (Wildman–Crippen LogP) is 2.15. The lowest BCUT2D eigenvalue weighted by molar-refractivity contribution is -0.136. The van der Waals surface area contributed by atoms with Crippen molar-refractivity contribution in [3.8, 4) is 5.75 Å². The van der Waals surface area contributed by atoms with Crippen LogP contribution in [-0.2, 0) is 32.0 Å². The van der Waals surface area contributed by atoms with E-state index in [2.05, 4.69) is 15.8 Å². The number of esters is 1. The number of aryl methyl sites for hydroxylation is 1. The molecule has 3 amide bonds. The van der Waals surface area contributed by atoms with Crippen molar-refractivity contribution < 1.29 is 28.7 Å². The molecule has 11 heteroatoms. The molecule has 1 aliphatic carbocycles. The quantitative estimate of drug-likeness (QED) is 0.171. The van der Waals surface area contributed by atoms with Crippen LogP contribution in [0.25, 0.3) is 0 Å². The summed E-state index contributed by atoms with van der Waals surface area (Å²) < 4.78 is 10.3. The zero-order valence-electron chi connectivity index (χ0n) is 18.7. The third-order valence-corrected chi connectivity index (χ3v) is 6.18. The Balaban J connectivity index is 1.62. The Morgan fingerprint density at radius 2 is 1.82 bits per heavy atom. The SMILES string of the molecule is CCOC(=O)c1c(NC(=O)C(=O)NN=Cc2ccc(OCC(N)=O)cc2)sc2c1CCCCC2. The van der Waals surface area contributed by atoms with Gasteiger partial charge in [-0.2, -0.15) is 5.10 Å². The molecule has 0 fully saturated rings. The van der Waals surface area contributed by atoms with Gasteiger partial charge in [0.05, 0.1) is 18.4 Å². The maximum atomic E-state index is 12.6. The molecule has 0 saturated carbocycles. The molecule has 1 aromatic carbocycles. The predicted molar refractivity (Wildman–Crippen MR) is 127 cm³/mol. The Kier molecular flexibility index (Phi) is 8.74. The van der Waals surface area contributed by atoms with Crippen LogP contribution in [0.1, 0.15) is 52.5 Å². The summed E-state index contributed by atoms with van der Waals surface area (Å²) in [7, 11) is 0. The molecule has 1 aliphatic rings. The molecule has 0 bridgehead atoms. The fourth-order valence-electron chi connectivity index (χ4n) is 3.43. The number of hydrogen-bond donors (Lipinski definition) is 3. The van der Waals surface area contributed by atoms with Crippen LogP contribution in [0.15, 0.2) is 29.4 Å². The molecule has 0 atom stereocenters. The largest absolute Gasteiger partial charge is 0.484 e. The molecule has 10 nitrogen and oxygen atoms in total. The zero-order valence-corrected chi connectivity index (χ0v) is 19.5. The van der Waals surface area contributed by atoms with E-state index in [1.54, 1.807) is 31.2 Å². The van der Waals surface area contributed by atoms with Crippen molar-refractivity contribution in [1.29, 1.82) is 0 Å². The number of primary amides is 1. The lowest BCUT2D eigenvalue weighted by Gasteiger charge is -2.08. The molecule has 1 aromatic heterocycles. The van der Waals surface area contributed by atoms with Crippen LogP contribution < -0.4 is 21.2 Å². The summed E-state index contributed by atoms with van der Waals surface area (Å²) in [5.41, 5.74) is 9.06. The topological polar surface area (TPSA) is 149 Å². The highest BCUT2D eigenvalue weighted by atomic mass is 32.1. The second-order valence-corrected chi connectivity index (χ2v) is 8.57. The van der Waals surface area contributed by atoms with E-state index in [1.165, 1.54) is 17.6 Å². The lowest BCUT2D eigenvalue weighted by Crippen LogP contribution is -2.32. The number of carbonyl (C=O) groups excluding carboxylic acids is 4. The number of carbonyl (C=O) groups is 4. The first-order chi connectivity index (χ1) is 16.4. The van der Waals surface area contributed by atoms with Crippen molar-refractivity contribution in [3.63, 3.8) is 0 Å². The van der Waals surface area contributed by atoms with Crippen LogP contribution in [0.2, 0.25) is 0 Å². The zero-order chi connectivity index (χ0) is 24.5. The average Bonchev–Trinajstić information content (AvgIpc) is 2.98. The summed E-state index contributed by atoms with van der Waals surface area (Å²) in [5.74, 6) is -2.55. The summed E-state index contributed by atoms with van der Waals surface area (Å²) in [5, 5.41) is 6.65.